The lowest BCUT2D eigenvalue weighted by Gasteiger charge is -2.44. The number of fused-ring (bicyclic) bond motifs is 5. The minimum Gasteiger partial charge on any atom is -0.463 e. The predicted molar refractivity (Wildman–Crippen MR) is 97.9 cm³/mol. The lowest BCUT2D eigenvalue weighted by Crippen LogP contribution is -2.58. The van der Waals surface area contributed by atoms with Gasteiger partial charge in [-0.05, 0) is 24.6 Å². The molecule has 1 fully saturated rings. The number of carbonyl (C=O) groups excluding carboxylic acids is 2. The Balaban J connectivity index is 1.69. The Labute approximate surface area is 155 Å². The van der Waals surface area contributed by atoms with Crippen molar-refractivity contribution in [3.63, 3.8) is 0 Å². The van der Waals surface area contributed by atoms with Crippen LogP contribution in [-0.4, -0.2) is 39.1 Å². The summed E-state index contributed by atoms with van der Waals surface area (Å²) in [5.74, 6) is -2.01. The summed E-state index contributed by atoms with van der Waals surface area (Å²) in [6.07, 6.45) is 2.01. The van der Waals surface area contributed by atoms with Crippen molar-refractivity contribution in [3.05, 3.63) is 41.6 Å². The number of nitrogen functional groups attached to an aromatic ring is 1. The zero-order valence-electron chi connectivity index (χ0n) is 14.8. The van der Waals surface area contributed by atoms with E-state index in [1.807, 2.05) is 30.3 Å². The topological polar surface area (TPSA) is 106 Å². The molecule has 0 bridgehead atoms. The Morgan fingerprint density at radius 1 is 1.41 bits per heavy atom. The SMILES string of the molecule is CC[C@@]1(O)C(=O)OCC2C(=O)N3Cc4cc5c(N)cccc5nc4C3=CC21. The summed E-state index contributed by atoms with van der Waals surface area (Å²) in [4.78, 5) is 31.7. The first kappa shape index (κ1) is 16.3. The Morgan fingerprint density at radius 2 is 2.22 bits per heavy atom. The van der Waals surface area contributed by atoms with Crippen LogP contribution < -0.4 is 5.73 Å². The second kappa shape index (κ2) is 5.29. The fraction of sp³-hybridized carbons (Fsp3) is 0.350. The normalized spacial score (nSPS) is 29.1. The number of aromatic nitrogens is 1. The minimum atomic E-state index is -1.69. The van der Waals surface area contributed by atoms with E-state index in [4.69, 9.17) is 15.5 Å². The number of esters is 1. The van der Waals surface area contributed by atoms with E-state index >= 15 is 0 Å². The number of hydrogen-bond donors (Lipinski definition) is 2. The Bertz CT molecular complexity index is 1050. The van der Waals surface area contributed by atoms with Crippen LogP contribution in [0.2, 0.25) is 0 Å². The molecule has 4 heterocycles. The van der Waals surface area contributed by atoms with Crippen LogP contribution in [0.4, 0.5) is 5.69 Å². The molecule has 1 aromatic heterocycles. The second-order valence-corrected chi connectivity index (χ2v) is 7.39. The zero-order chi connectivity index (χ0) is 18.9. The number of carbonyl (C=O) groups is 2. The number of benzene rings is 1. The van der Waals surface area contributed by atoms with Crippen molar-refractivity contribution in [3.8, 4) is 0 Å². The van der Waals surface area contributed by atoms with E-state index in [2.05, 4.69) is 0 Å². The lowest BCUT2D eigenvalue weighted by molar-refractivity contribution is -0.190. The average molecular weight is 365 g/mol. The van der Waals surface area contributed by atoms with Gasteiger partial charge in [0.1, 0.15) is 6.61 Å². The maximum Gasteiger partial charge on any atom is 0.338 e. The number of amides is 1. The fourth-order valence-electron chi connectivity index (χ4n) is 4.44. The third-order valence-corrected chi connectivity index (χ3v) is 6.03. The Hall–Kier alpha value is -2.93. The summed E-state index contributed by atoms with van der Waals surface area (Å²) in [5.41, 5.74) is 8.03. The van der Waals surface area contributed by atoms with Crippen molar-refractivity contribution in [1.82, 2.24) is 9.88 Å². The van der Waals surface area contributed by atoms with E-state index in [9.17, 15) is 14.7 Å². The number of anilines is 1. The van der Waals surface area contributed by atoms with Gasteiger partial charge in [0.25, 0.3) is 0 Å². The van der Waals surface area contributed by atoms with Gasteiger partial charge in [-0.3, -0.25) is 4.79 Å². The highest BCUT2D eigenvalue weighted by molar-refractivity contribution is 5.98. The average Bonchev–Trinajstić information content (AvgIpc) is 3.02. The van der Waals surface area contributed by atoms with Gasteiger partial charge < -0.3 is 20.5 Å². The van der Waals surface area contributed by atoms with E-state index in [0.717, 1.165) is 16.5 Å². The number of ether oxygens (including phenoxy) is 1. The third kappa shape index (κ3) is 2.03. The quantitative estimate of drug-likeness (QED) is 0.585. The first-order valence-corrected chi connectivity index (χ1v) is 9.05. The summed E-state index contributed by atoms with van der Waals surface area (Å²) >= 11 is 0. The zero-order valence-corrected chi connectivity index (χ0v) is 14.8. The highest BCUT2D eigenvalue weighted by Gasteiger charge is 2.56. The number of aliphatic hydroxyl groups is 1. The van der Waals surface area contributed by atoms with Crippen LogP contribution in [0.5, 0.6) is 0 Å². The van der Waals surface area contributed by atoms with Crippen molar-refractivity contribution in [1.29, 1.82) is 0 Å². The van der Waals surface area contributed by atoms with E-state index < -0.39 is 23.4 Å². The molecular formula is C20H19N3O4. The summed E-state index contributed by atoms with van der Waals surface area (Å²) in [6.45, 7) is 2.11. The van der Waals surface area contributed by atoms with Gasteiger partial charge in [0.15, 0.2) is 5.60 Å². The smallest absolute Gasteiger partial charge is 0.338 e. The highest BCUT2D eigenvalue weighted by atomic mass is 16.6. The van der Waals surface area contributed by atoms with E-state index in [-0.39, 0.29) is 18.9 Å². The molecule has 138 valence electrons. The van der Waals surface area contributed by atoms with E-state index in [0.29, 0.717) is 23.6 Å². The van der Waals surface area contributed by atoms with Gasteiger partial charge in [-0.25, -0.2) is 9.78 Å². The van der Waals surface area contributed by atoms with Gasteiger partial charge in [0.05, 0.1) is 29.4 Å². The summed E-state index contributed by atoms with van der Waals surface area (Å²) in [6, 6.07) is 7.51. The number of cyclic esters (lactones) is 1. The van der Waals surface area contributed by atoms with Gasteiger partial charge in [-0.2, -0.15) is 0 Å². The lowest BCUT2D eigenvalue weighted by atomic mass is 9.72. The molecule has 3 N–H and O–H groups in total. The maximum absolute atomic E-state index is 13.1. The molecule has 5 rings (SSSR count). The molecule has 0 aliphatic carbocycles. The standard InChI is InChI=1S/C20H19N3O4/c1-2-20(26)13-7-16-17-10(6-11-14(21)4-3-5-15(11)22-17)8-23(16)18(24)12(13)9-27-19(20)25/h3-7,12-13,26H,2,8-9,21H2,1H3/t12?,13?,20-/m0/s1. The summed E-state index contributed by atoms with van der Waals surface area (Å²) < 4.78 is 5.13. The van der Waals surface area contributed by atoms with Crippen molar-refractivity contribution >= 4 is 34.2 Å². The molecule has 7 heteroatoms. The molecule has 2 unspecified atom stereocenters. The highest BCUT2D eigenvalue weighted by Crippen LogP contribution is 2.46. The number of nitrogens with zero attached hydrogens (tertiary/aromatic N) is 2. The first-order chi connectivity index (χ1) is 12.9. The van der Waals surface area contributed by atoms with Gasteiger partial charge in [0.2, 0.25) is 5.91 Å². The molecular weight excluding hydrogens is 346 g/mol. The molecule has 1 amide bonds. The Morgan fingerprint density at radius 3 is 3.00 bits per heavy atom. The molecule has 3 aliphatic rings. The van der Waals surface area contributed by atoms with E-state index in [1.54, 1.807) is 11.8 Å². The molecule has 3 aliphatic heterocycles. The van der Waals surface area contributed by atoms with Gasteiger partial charge in [-0.1, -0.05) is 19.1 Å². The fourth-order valence-corrected chi connectivity index (χ4v) is 4.44. The molecule has 1 saturated heterocycles. The molecule has 1 aromatic carbocycles. The van der Waals surface area contributed by atoms with E-state index in [1.165, 1.54) is 0 Å². The van der Waals surface area contributed by atoms with Crippen molar-refractivity contribution in [2.45, 2.75) is 25.5 Å². The number of nitrogens with two attached hydrogens (primary N) is 1. The first-order valence-electron chi connectivity index (χ1n) is 9.05. The number of pyridine rings is 1. The van der Waals surface area contributed by atoms with Gasteiger partial charge in [-0.15, -0.1) is 0 Å². The van der Waals surface area contributed by atoms with Crippen molar-refractivity contribution < 1.29 is 19.4 Å². The summed E-state index contributed by atoms with van der Waals surface area (Å²) in [7, 11) is 0. The molecule has 0 radical (unpaired) electrons. The van der Waals surface area contributed by atoms with Crippen molar-refractivity contribution in [2.75, 3.05) is 12.3 Å². The Kier molecular flexibility index (Phi) is 3.19. The molecule has 2 aromatic rings. The maximum atomic E-state index is 13.1. The van der Waals surface area contributed by atoms with Crippen LogP contribution in [0.15, 0.2) is 30.3 Å². The van der Waals surface area contributed by atoms with Crippen molar-refractivity contribution in [2.24, 2.45) is 11.8 Å². The van der Waals surface area contributed by atoms with Crippen LogP contribution in [0.3, 0.4) is 0 Å². The van der Waals surface area contributed by atoms with Crippen LogP contribution in [-0.2, 0) is 20.9 Å². The van der Waals surface area contributed by atoms with Crippen LogP contribution in [0.1, 0.15) is 24.6 Å². The molecule has 0 spiro atoms. The predicted octanol–water partition coefficient (Wildman–Crippen LogP) is 1.44. The van der Waals surface area contributed by atoms with Crippen LogP contribution in [0, 0.1) is 11.8 Å². The number of rotatable bonds is 1. The molecule has 3 atom stereocenters. The van der Waals surface area contributed by atoms with Crippen LogP contribution >= 0.6 is 0 Å². The molecule has 7 nitrogen and oxygen atoms in total. The summed E-state index contributed by atoms with van der Waals surface area (Å²) in [5, 5.41) is 11.8. The third-order valence-electron chi connectivity index (χ3n) is 6.03. The van der Waals surface area contributed by atoms with Gasteiger partial charge in [0, 0.05) is 22.6 Å². The molecule has 0 saturated carbocycles. The monoisotopic (exact) mass is 365 g/mol. The number of hydrogen-bond acceptors (Lipinski definition) is 6. The molecule has 27 heavy (non-hydrogen) atoms. The largest absolute Gasteiger partial charge is 0.463 e. The minimum absolute atomic E-state index is 0.0103. The van der Waals surface area contributed by atoms with Crippen LogP contribution in [0.25, 0.3) is 16.6 Å². The second-order valence-electron chi connectivity index (χ2n) is 7.39. The van der Waals surface area contributed by atoms with Gasteiger partial charge >= 0.3 is 5.97 Å².